The van der Waals surface area contributed by atoms with Gasteiger partial charge in [-0.3, -0.25) is 9.69 Å². The fourth-order valence-corrected chi connectivity index (χ4v) is 4.23. The van der Waals surface area contributed by atoms with Crippen molar-refractivity contribution in [3.63, 3.8) is 0 Å². The van der Waals surface area contributed by atoms with Crippen LogP contribution in [0.2, 0.25) is 0 Å². The summed E-state index contributed by atoms with van der Waals surface area (Å²) in [6.07, 6.45) is -1.09. The predicted molar refractivity (Wildman–Crippen MR) is 55.6 cm³/mol. The SMILES string of the molecule is CO[C@H]1C(=O)N2C(C(=O)O)=C(C)CS(=O)(=O)[C@H]12. The van der Waals surface area contributed by atoms with Crippen LogP contribution in [0.3, 0.4) is 0 Å². The molecule has 1 amide bonds. The molecular weight excluding hydrogens is 250 g/mol. The summed E-state index contributed by atoms with van der Waals surface area (Å²) in [6.45, 7) is 1.39. The summed E-state index contributed by atoms with van der Waals surface area (Å²) in [6, 6.07) is 0. The van der Waals surface area contributed by atoms with E-state index in [0.717, 1.165) is 4.90 Å². The van der Waals surface area contributed by atoms with Gasteiger partial charge < -0.3 is 9.84 Å². The van der Waals surface area contributed by atoms with Crippen molar-refractivity contribution in [2.24, 2.45) is 0 Å². The largest absolute Gasteiger partial charge is 0.477 e. The Kier molecular flexibility index (Phi) is 2.51. The van der Waals surface area contributed by atoms with Crippen LogP contribution >= 0.6 is 0 Å². The molecule has 0 aromatic carbocycles. The third-order valence-corrected chi connectivity index (χ3v) is 4.91. The summed E-state index contributed by atoms with van der Waals surface area (Å²) >= 11 is 0. The number of aliphatic carboxylic acids is 1. The van der Waals surface area contributed by atoms with E-state index in [1.165, 1.54) is 14.0 Å². The van der Waals surface area contributed by atoms with Crippen molar-refractivity contribution >= 4 is 21.7 Å². The molecule has 1 fully saturated rings. The number of ether oxygens (including phenoxy) is 1. The van der Waals surface area contributed by atoms with Crippen LogP contribution in [-0.4, -0.2) is 54.6 Å². The van der Waals surface area contributed by atoms with Gasteiger partial charge in [0, 0.05) is 7.11 Å². The van der Waals surface area contributed by atoms with E-state index >= 15 is 0 Å². The highest BCUT2D eigenvalue weighted by atomic mass is 32.2. The number of carboxylic acid groups (broad SMARTS) is 1. The second-order valence-electron chi connectivity index (χ2n) is 4.00. The van der Waals surface area contributed by atoms with Gasteiger partial charge in [-0.05, 0) is 12.5 Å². The molecule has 1 saturated heterocycles. The molecule has 17 heavy (non-hydrogen) atoms. The standard InChI is InChI=1S/C9H11NO6S/c1-4-3-17(14,15)8-6(16-2)7(11)10(8)5(4)9(12)13/h6,8H,3H2,1-2H3,(H,12,13)/t6-,8+/m0/s1. The molecule has 2 aliphatic heterocycles. The Morgan fingerprint density at radius 3 is 2.59 bits per heavy atom. The molecule has 0 aliphatic carbocycles. The first-order valence-corrected chi connectivity index (χ1v) is 6.53. The number of carboxylic acids is 1. The maximum absolute atomic E-state index is 11.8. The molecule has 0 unspecified atom stereocenters. The zero-order chi connectivity index (χ0) is 13.0. The van der Waals surface area contributed by atoms with Crippen molar-refractivity contribution in [2.45, 2.75) is 18.4 Å². The predicted octanol–water partition coefficient (Wildman–Crippen LogP) is -1.04. The number of nitrogens with zero attached hydrogens (tertiary/aromatic N) is 1. The average Bonchev–Trinajstić information content (AvgIpc) is 2.18. The van der Waals surface area contributed by atoms with Gasteiger partial charge in [-0.1, -0.05) is 0 Å². The highest BCUT2D eigenvalue weighted by Gasteiger charge is 2.59. The van der Waals surface area contributed by atoms with E-state index in [1.54, 1.807) is 0 Å². The van der Waals surface area contributed by atoms with E-state index in [0.29, 0.717) is 0 Å². The van der Waals surface area contributed by atoms with Crippen LogP contribution in [0.25, 0.3) is 0 Å². The number of carbonyl (C=O) groups excluding carboxylic acids is 1. The molecule has 0 bridgehead atoms. The second-order valence-corrected chi connectivity index (χ2v) is 6.09. The van der Waals surface area contributed by atoms with E-state index in [9.17, 15) is 18.0 Å². The Morgan fingerprint density at radius 2 is 2.12 bits per heavy atom. The molecule has 2 heterocycles. The van der Waals surface area contributed by atoms with Crippen LogP contribution in [0.4, 0.5) is 0 Å². The van der Waals surface area contributed by atoms with Gasteiger partial charge in [-0.2, -0.15) is 0 Å². The van der Waals surface area contributed by atoms with Crippen LogP contribution in [0, 0.1) is 0 Å². The summed E-state index contributed by atoms with van der Waals surface area (Å²) in [5.41, 5.74) is -0.0835. The minimum absolute atomic E-state index is 0.164. The van der Waals surface area contributed by atoms with Gasteiger partial charge in [-0.15, -0.1) is 0 Å². The van der Waals surface area contributed by atoms with Crippen LogP contribution in [0.5, 0.6) is 0 Å². The zero-order valence-electron chi connectivity index (χ0n) is 9.21. The van der Waals surface area contributed by atoms with Crippen LogP contribution in [0.15, 0.2) is 11.3 Å². The Morgan fingerprint density at radius 1 is 1.53 bits per heavy atom. The number of hydrogen-bond donors (Lipinski definition) is 1. The minimum Gasteiger partial charge on any atom is -0.477 e. The van der Waals surface area contributed by atoms with Crippen molar-refractivity contribution in [3.8, 4) is 0 Å². The molecule has 0 radical (unpaired) electrons. The van der Waals surface area contributed by atoms with E-state index in [4.69, 9.17) is 9.84 Å². The molecule has 8 heteroatoms. The summed E-state index contributed by atoms with van der Waals surface area (Å²) < 4.78 is 28.5. The van der Waals surface area contributed by atoms with E-state index in [-0.39, 0.29) is 17.0 Å². The lowest BCUT2D eigenvalue weighted by molar-refractivity contribution is -0.162. The van der Waals surface area contributed by atoms with Gasteiger partial charge in [0.15, 0.2) is 21.3 Å². The molecular formula is C9H11NO6S. The van der Waals surface area contributed by atoms with Gasteiger partial charge >= 0.3 is 5.97 Å². The van der Waals surface area contributed by atoms with Crippen LogP contribution in [0.1, 0.15) is 6.92 Å². The van der Waals surface area contributed by atoms with Crippen molar-refractivity contribution in [1.29, 1.82) is 0 Å². The lowest BCUT2D eigenvalue weighted by Crippen LogP contribution is -2.70. The Labute approximate surface area is 97.6 Å². The van der Waals surface area contributed by atoms with Crippen LogP contribution in [-0.2, 0) is 24.2 Å². The van der Waals surface area contributed by atoms with Crippen molar-refractivity contribution in [2.75, 3.05) is 12.9 Å². The number of carbonyl (C=O) groups is 2. The smallest absolute Gasteiger partial charge is 0.352 e. The first-order valence-electron chi connectivity index (χ1n) is 4.81. The number of fused-ring (bicyclic) bond motifs is 1. The fourth-order valence-electron chi connectivity index (χ4n) is 2.19. The molecule has 2 aliphatic rings. The summed E-state index contributed by atoms with van der Waals surface area (Å²) in [5, 5.41) is 7.79. The Hall–Kier alpha value is -1.41. The van der Waals surface area contributed by atoms with Gasteiger partial charge in [0.05, 0.1) is 5.75 Å². The van der Waals surface area contributed by atoms with Gasteiger partial charge in [0.1, 0.15) is 5.70 Å². The summed E-state index contributed by atoms with van der Waals surface area (Å²) in [4.78, 5) is 23.4. The third-order valence-electron chi connectivity index (χ3n) is 2.88. The maximum atomic E-state index is 11.8. The highest BCUT2D eigenvalue weighted by Crippen LogP contribution is 2.37. The van der Waals surface area contributed by atoms with Crippen molar-refractivity contribution < 1.29 is 27.9 Å². The molecule has 1 N–H and O–H groups in total. The van der Waals surface area contributed by atoms with E-state index < -0.39 is 33.2 Å². The Bertz CT molecular complexity index is 534. The second kappa shape index (κ2) is 3.54. The van der Waals surface area contributed by atoms with Gasteiger partial charge in [0.25, 0.3) is 5.91 Å². The van der Waals surface area contributed by atoms with Crippen molar-refractivity contribution in [1.82, 2.24) is 4.90 Å². The zero-order valence-corrected chi connectivity index (χ0v) is 10.0. The number of β-lactam (4-membered cyclic amide) rings is 1. The van der Waals surface area contributed by atoms with E-state index in [1.807, 2.05) is 0 Å². The molecule has 0 aromatic rings. The monoisotopic (exact) mass is 261 g/mol. The molecule has 0 spiro atoms. The van der Waals surface area contributed by atoms with Crippen molar-refractivity contribution in [3.05, 3.63) is 11.3 Å². The van der Waals surface area contributed by atoms with Crippen LogP contribution < -0.4 is 0 Å². The first kappa shape index (κ1) is 12.1. The quantitative estimate of drug-likeness (QED) is 0.637. The molecule has 7 nitrogen and oxygen atoms in total. The lowest BCUT2D eigenvalue weighted by Gasteiger charge is -2.47. The number of sulfone groups is 1. The topological polar surface area (TPSA) is 101 Å². The molecule has 0 saturated carbocycles. The number of hydrogen-bond acceptors (Lipinski definition) is 5. The normalized spacial score (nSPS) is 30.9. The summed E-state index contributed by atoms with van der Waals surface area (Å²) in [5.74, 6) is -2.29. The van der Waals surface area contributed by atoms with E-state index in [2.05, 4.69) is 0 Å². The first-order chi connectivity index (χ1) is 7.81. The highest BCUT2D eigenvalue weighted by molar-refractivity contribution is 7.92. The minimum atomic E-state index is -3.57. The molecule has 2 rings (SSSR count). The number of methoxy groups -OCH3 is 1. The number of rotatable bonds is 2. The molecule has 0 aromatic heterocycles. The van der Waals surface area contributed by atoms with Gasteiger partial charge in [-0.25, -0.2) is 13.2 Å². The van der Waals surface area contributed by atoms with Gasteiger partial charge in [0.2, 0.25) is 0 Å². The Balaban J connectivity index is 2.54. The molecule has 2 atom stereocenters. The fraction of sp³-hybridized carbons (Fsp3) is 0.556. The maximum Gasteiger partial charge on any atom is 0.352 e. The summed E-state index contributed by atoms with van der Waals surface area (Å²) in [7, 11) is -2.35. The average molecular weight is 261 g/mol. The molecule has 94 valence electrons. The lowest BCUT2D eigenvalue weighted by atomic mass is 10.1. The number of amides is 1. The third kappa shape index (κ3) is 1.48.